The Labute approximate surface area is 188 Å². The molecule has 2 bridgehead atoms. The maximum absolute atomic E-state index is 13.8. The first-order chi connectivity index (χ1) is 14.8. The first-order valence-electron chi connectivity index (χ1n) is 11.1. The Hall–Kier alpha value is -1.80. The number of carbonyl (C=O) groups excluding carboxylic acids is 3. The van der Waals surface area contributed by atoms with E-state index < -0.39 is 33.3 Å². The number of fused-ring (bicyclic) bond motifs is 1. The van der Waals surface area contributed by atoms with Crippen molar-refractivity contribution in [3.05, 3.63) is 25.3 Å². The molecule has 3 heterocycles. The highest BCUT2D eigenvalue weighted by Gasteiger charge is 2.77. The standard InChI is InChI=1S/C23H34N2O5S/c1-5-8-12-24(11-6-2)20(28)18-23-10-9-22(4,31-23)17(21(29)30-15-7-3)16(23)19(27)25(18)13-14-26/h6-7,16-18,26H,2-3,5,8-15H2,1,4H3/t16-,17+,18?,22-,23?/m0/s1. The molecule has 5 atom stereocenters. The van der Waals surface area contributed by atoms with Gasteiger partial charge in [-0.1, -0.05) is 32.1 Å². The minimum Gasteiger partial charge on any atom is -0.461 e. The molecule has 2 amide bonds. The van der Waals surface area contributed by atoms with Crippen molar-refractivity contribution in [2.45, 2.75) is 55.1 Å². The van der Waals surface area contributed by atoms with Crippen molar-refractivity contribution < 1.29 is 24.2 Å². The number of rotatable bonds is 11. The summed E-state index contributed by atoms with van der Waals surface area (Å²) in [5, 5.41) is 9.66. The van der Waals surface area contributed by atoms with Crippen molar-refractivity contribution in [2.75, 3.05) is 32.8 Å². The second kappa shape index (κ2) is 9.36. The molecule has 172 valence electrons. The summed E-state index contributed by atoms with van der Waals surface area (Å²) in [7, 11) is 0. The van der Waals surface area contributed by atoms with Gasteiger partial charge in [0.15, 0.2) is 0 Å². The molecule has 3 aliphatic heterocycles. The van der Waals surface area contributed by atoms with Crippen LogP contribution in [0.5, 0.6) is 0 Å². The normalized spacial score (nSPS) is 33.3. The predicted octanol–water partition coefficient (Wildman–Crippen LogP) is 2.00. The number of aliphatic hydroxyl groups is 1. The zero-order chi connectivity index (χ0) is 22.8. The summed E-state index contributed by atoms with van der Waals surface area (Å²) in [5.74, 6) is -1.97. The van der Waals surface area contributed by atoms with E-state index in [1.54, 1.807) is 22.7 Å². The molecule has 0 aromatic heterocycles. The molecule has 0 aliphatic carbocycles. The van der Waals surface area contributed by atoms with Gasteiger partial charge in [0.05, 0.1) is 23.2 Å². The number of nitrogens with zero attached hydrogens (tertiary/aromatic N) is 2. The highest BCUT2D eigenvalue weighted by molar-refractivity contribution is 8.02. The van der Waals surface area contributed by atoms with Gasteiger partial charge in [-0.3, -0.25) is 14.4 Å². The van der Waals surface area contributed by atoms with Crippen LogP contribution >= 0.6 is 11.8 Å². The number of amides is 2. The van der Waals surface area contributed by atoms with Crippen molar-refractivity contribution in [1.82, 2.24) is 9.80 Å². The van der Waals surface area contributed by atoms with Gasteiger partial charge >= 0.3 is 5.97 Å². The number of aliphatic hydroxyl groups excluding tert-OH is 1. The van der Waals surface area contributed by atoms with Gasteiger partial charge in [-0.15, -0.1) is 18.3 Å². The second-order valence-corrected chi connectivity index (χ2v) is 10.7. The van der Waals surface area contributed by atoms with E-state index in [1.165, 1.54) is 11.0 Å². The number of esters is 1. The molecule has 2 unspecified atom stereocenters. The fraction of sp³-hybridized carbons (Fsp3) is 0.696. The van der Waals surface area contributed by atoms with Gasteiger partial charge in [0, 0.05) is 24.4 Å². The number of likely N-dealkylation sites (tertiary alicyclic amines) is 1. The Balaban J connectivity index is 2.01. The number of carbonyl (C=O) groups is 3. The Morgan fingerprint density at radius 1 is 1.35 bits per heavy atom. The molecule has 3 saturated heterocycles. The van der Waals surface area contributed by atoms with Crippen LogP contribution in [0.25, 0.3) is 0 Å². The lowest BCUT2D eigenvalue weighted by Gasteiger charge is -2.37. The monoisotopic (exact) mass is 450 g/mol. The van der Waals surface area contributed by atoms with Gasteiger partial charge in [0.25, 0.3) is 0 Å². The van der Waals surface area contributed by atoms with E-state index in [0.29, 0.717) is 19.5 Å². The molecule has 3 fully saturated rings. The number of unbranched alkanes of at least 4 members (excludes halogenated alkanes) is 1. The van der Waals surface area contributed by atoms with Gasteiger partial charge in [-0.25, -0.2) is 0 Å². The van der Waals surface area contributed by atoms with Gasteiger partial charge < -0.3 is 19.6 Å². The minimum absolute atomic E-state index is 0.0783. The molecule has 3 rings (SSSR count). The van der Waals surface area contributed by atoms with E-state index in [2.05, 4.69) is 20.1 Å². The molecule has 7 nitrogen and oxygen atoms in total. The summed E-state index contributed by atoms with van der Waals surface area (Å²) in [6.07, 6.45) is 6.44. The summed E-state index contributed by atoms with van der Waals surface area (Å²) in [6.45, 7) is 12.4. The van der Waals surface area contributed by atoms with Crippen molar-refractivity contribution in [3.63, 3.8) is 0 Å². The highest BCUT2D eigenvalue weighted by atomic mass is 32.2. The van der Waals surface area contributed by atoms with Crippen LogP contribution in [-0.4, -0.2) is 81.1 Å². The van der Waals surface area contributed by atoms with E-state index in [4.69, 9.17) is 4.74 Å². The first kappa shape index (κ1) is 23.9. The van der Waals surface area contributed by atoms with Crippen LogP contribution in [-0.2, 0) is 19.1 Å². The quantitative estimate of drug-likeness (QED) is 0.383. The second-order valence-electron chi connectivity index (χ2n) is 8.83. The topological polar surface area (TPSA) is 87.1 Å². The fourth-order valence-corrected chi connectivity index (χ4v) is 7.95. The van der Waals surface area contributed by atoms with Crippen LogP contribution in [0.1, 0.15) is 39.5 Å². The molecule has 0 aromatic carbocycles. The van der Waals surface area contributed by atoms with Crippen LogP contribution < -0.4 is 0 Å². The number of β-amino-alcohol motifs (C(OH)–C–C–N with tert-alkyl or cyclic N) is 1. The zero-order valence-electron chi connectivity index (χ0n) is 18.5. The summed E-state index contributed by atoms with van der Waals surface area (Å²) in [4.78, 5) is 43.7. The number of thioether (sulfide) groups is 1. The van der Waals surface area contributed by atoms with Crippen LogP contribution in [0.3, 0.4) is 0 Å². The van der Waals surface area contributed by atoms with Gasteiger partial charge in [-0.05, 0) is 26.2 Å². The van der Waals surface area contributed by atoms with Crippen LogP contribution in [0, 0.1) is 11.8 Å². The third kappa shape index (κ3) is 3.82. The van der Waals surface area contributed by atoms with Crippen molar-refractivity contribution in [1.29, 1.82) is 0 Å². The number of hydrogen-bond donors (Lipinski definition) is 1. The van der Waals surface area contributed by atoms with Crippen LogP contribution in [0.15, 0.2) is 25.3 Å². The lowest BCUT2D eigenvalue weighted by atomic mass is 9.66. The van der Waals surface area contributed by atoms with Crippen LogP contribution in [0.4, 0.5) is 0 Å². The molecular formula is C23H34N2O5S. The maximum atomic E-state index is 13.8. The summed E-state index contributed by atoms with van der Waals surface area (Å²) >= 11 is 1.61. The van der Waals surface area contributed by atoms with Crippen LogP contribution in [0.2, 0.25) is 0 Å². The predicted molar refractivity (Wildman–Crippen MR) is 120 cm³/mol. The van der Waals surface area contributed by atoms with E-state index in [9.17, 15) is 19.5 Å². The van der Waals surface area contributed by atoms with E-state index in [1.807, 2.05) is 6.92 Å². The molecule has 31 heavy (non-hydrogen) atoms. The van der Waals surface area contributed by atoms with Crippen molar-refractivity contribution in [3.8, 4) is 0 Å². The van der Waals surface area contributed by atoms with Gasteiger partial charge in [0.1, 0.15) is 12.6 Å². The Morgan fingerprint density at radius 2 is 2.10 bits per heavy atom. The molecule has 8 heteroatoms. The minimum atomic E-state index is -0.696. The lowest BCUT2D eigenvalue weighted by molar-refractivity contribution is -0.154. The summed E-state index contributed by atoms with van der Waals surface area (Å²) < 4.78 is 4.25. The molecule has 0 aromatic rings. The third-order valence-electron chi connectivity index (χ3n) is 6.89. The number of hydrogen-bond acceptors (Lipinski definition) is 6. The van der Waals surface area contributed by atoms with Gasteiger partial charge in [-0.2, -0.15) is 0 Å². The Kier molecular flexibility index (Phi) is 7.21. The highest BCUT2D eigenvalue weighted by Crippen LogP contribution is 2.71. The molecule has 0 radical (unpaired) electrons. The van der Waals surface area contributed by atoms with E-state index in [-0.39, 0.29) is 31.6 Å². The lowest BCUT2D eigenvalue weighted by Crippen LogP contribution is -2.55. The molecule has 0 saturated carbocycles. The number of ether oxygens (including phenoxy) is 1. The van der Waals surface area contributed by atoms with Crippen molar-refractivity contribution in [2.24, 2.45) is 11.8 Å². The largest absolute Gasteiger partial charge is 0.461 e. The summed E-state index contributed by atoms with van der Waals surface area (Å²) in [6, 6.07) is -0.696. The molecular weight excluding hydrogens is 416 g/mol. The SMILES string of the molecule is C=CCOC(=O)[C@H]1[C@H]2C(=O)N(CCO)C(C(=O)N(CC=C)CCCC)C23CC[C@]1(C)S3. The average Bonchev–Trinajstić information content (AvgIpc) is 3.30. The first-order valence-corrected chi connectivity index (χ1v) is 11.9. The third-order valence-corrected chi connectivity index (χ3v) is 8.88. The van der Waals surface area contributed by atoms with Gasteiger partial charge in [0.2, 0.25) is 11.8 Å². The summed E-state index contributed by atoms with van der Waals surface area (Å²) in [5.41, 5.74) is 0. The maximum Gasteiger partial charge on any atom is 0.311 e. The molecule has 3 aliphatic rings. The Morgan fingerprint density at radius 3 is 2.71 bits per heavy atom. The van der Waals surface area contributed by atoms with E-state index in [0.717, 1.165) is 19.3 Å². The van der Waals surface area contributed by atoms with E-state index >= 15 is 0 Å². The average molecular weight is 451 g/mol. The zero-order valence-corrected chi connectivity index (χ0v) is 19.4. The molecule has 1 spiro atoms. The Bertz CT molecular complexity index is 758. The molecule has 1 N–H and O–H groups in total. The fourth-order valence-electron chi connectivity index (χ4n) is 5.61. The smallest absolute Gasteiger partial charge is 0.311 e. The van der Waals surface area contributed by atoms with Crippen molar-refractivity contribution >= 4 is 29.5 Å².